The van der Waals surface area contributed by atoms with Gasteiger partial charge in [0.2, 0.25) is 0 Å². The summed E-state index contributed by atoms with van der Waals surface area (Å²) in [5, 5.41) is 7.36. The number of carbonyl (C=O) groups excluding carboxylic acids is 1. The lowest BCUT2D eigenvalue weighted by atomic mass is 10.1. The Kier molecular flexibility index (Phi) is 6.25. The van der Waals surface area contributed by atoms with Crippen LogP contribution in [-0.4, -0.2) is 23.5 Å². The van der Waals surface area contributed by atoms with Gasteiger partial charge in [-0.1, -0.05) is 29.3 Å². The molecule has 2 rings (SSSR count). The molecule has 1 aromatic carbocycles. The minimum atomic E-state index is -0.167. The van der Waals surface area contributed by atoms with Crippen molar-refractivity contribution in [2.75, 3.05) is 11.9 Å². The minimum absolute atomic E-state index is 0.0891. The van der Waals surface area contributed by atoms with Crippen LogP contribution in [0.2, 0.25) is 10.0 Å². The predicted octanol–water partition coefficient (Wildman–Crippen LogP) is 4.18. The van der Waals surface area contributed by atoms with Crippen molar-refractivity contribution in [3.05, 3.63) is 57.8 Å². The fourth-order valence-corrected chi connectivity index (χ4v) is 2.54. The van der Waals surface area contributed by atoms with Crippen molar-refractivity contribution in [3.63, 3.8) is 0 Å². The van der Waals surface area contributed by atoms with E-state index < -0.39 is 0 Å². The Bertz CT molecular complexity index is 672. The van der Waals surface area contributed by atoms with E-state index in [0.29, 0.717) is 22.3 Å². The topological polar surface area (TPSA) is 54.0 Å². The predicted molar refractivity (Wildman–Crippen MR) is 95.5 cm³/mol. The summed E-state index contributed by atoms with van der Waals surface area (Å²) < 4.78 is 0. The van der Waals surface area contributed by atoms with Gasteiger partial charge in [0.15, 0.2) is 0 Å². The van der Waals surface area contributed by atoms with Gasteiger partial charge in [0.05, 0.1) is 11.9 Å². The van der Waals surface area contributed by atoms with E-state index in [1.807, 2.05) is 32.0 Å². The van der Waals surface area contributed by atoms with Crippen LogP contribution in [0.5, 0.6) is 0 Å². The third-order valence-electron chi connectivity index (χ3n) is 3.15. The highest BCUT2D eigenvalue weighted by Gasteiger charge is 2.08. The number of amides is 1. The van der Waals surface area contributed by atoms with E-state index in [1.54, 1.807) is 18.3 Å². The van der Waals surface area contributed by atoms with Crippen LogP contribution < -0.4 is 10.6 Å². The van der Waals surface area contributed by atoms with Gasteiger partial charge in [0, 0.05) is 22.6 Å². The van der Waals surface area contributed by atoms with Gasteiger partial charge in [-0.2, -0.15) is 0 Å². The van der Waals surface area contributed by atoms with Crippen molar-refractivity contribution < 1.29 is 4.79 Å². The highest BCUT2D eigenvalue weighted by molar-refractivity contribution is 6.35. The number of nitrogens with zero attached hydrogens (tertiary/aromatic N) is 1. The number of rotatable bonds is 6. The molecule has 0 radical (unpaired) electrons. The zero-order valence-electron chi connectivity index (χ0n) is 13.1. The average molecular weight is 352 g/mol. The second-order valence-electron chi connectivity index (χ2n) is 5.47. The maximum atomic E-state index is 11.8. The average Bonchev–Trinajstić information content (AvgIpc) is 2.49. The Morgan fingerprint density at radius 1 is 1.22 bits per heavy atom. The highest BCUT2D eigenvalue weighted by Crippen LogP contribution is 2.21. The lowest BCUT2D eigenvalue weighted by Gasteiger charge is -2.10. The molecule has 0 fully saturated rings. The Morgan fingerprint density at radius 2 is 2.00 bits per heavy atom. The number of halogens is 2. The van der Waals surface area contributed by atoms with Crippen LogP contribution >= 0.6 is 23.2 Å². The molecule has 0 saturated heterocycles. The SMILES string of the molecule is CC(C)NC(=O)c1ccc(NCCc2ccc(Cl)cc2Cl)cn1. The molecule has 4 nitrogen and oxygen atoms in total. The molecule has 23 heavy (non-hydrogen) atoms. The van der Waals surface area contributed by atoms with Crippen molar-refractivity contribution in [2.24, 2.45) is 0 Å². The van der Waals surface area contributed by atoms with Crippen LogP contribution in [0.15, 0.2) is 36.5 Å². The number of carbonyl (C=O) groups is 1. The molecule has 1 aromatic heterocycles. The molecule has 0 aliphatic carbocycles. The number of nitrogens with one attached hydrogen (secondary N) is 2. The van der Waals surface area contributed by atoms with Crippen LogP contribution in [0.3, 0.4) is 0 Å². The smallest absolute Gasteiger partial charge is 0.270 e. The molecule has 1 heterocycles. The quantitative estimate of drug-likeness (QED) is 0.820. The fourth-order valence-electron chi connectivity index (χ4n) is 2.03. The normalized spacial score (nSPS) is 10.7. The van der Waals surface area contributed by atoms with E-state index in [2.05, 4.69) is 15.6 Å². The largest absolute Gasteiger partial charge is 0.383 e. The molecule has 0 unspecified atom stereocenters. The van der Waals surface area contributed by atoms with Crippen molar-refractivity contribution in [1.29, 1.82) is 0 Å². The minimum Gasteiger partial charge on any atom is -0.383 e. The number of pyridine rings is 1. The lowest BCUT2D eigenvalue weighted by Crippen LogP contribution is -2.30. The van der Waals surface area contributed by atoms with E-state index in [1.165, 1.54) is 0 Å². The monoisotopic (exact) mass is 351 g/mol. The molecule has 0 bridgehead atoms. The van der Waals surface area contributed by atoms with Crippen LogP contribution in [0.25, 0.3) is 0 Å². The van der Waals surface area contributed by atoms with E-state index in [0.717, 1.165) is 17.7 Å². The van der Waals surface area contributed by atoms with Gasteiger partial charge in [0.25, 0.3) is 5.91 Å². The molecule has 6 heteroatoms. The number of anilines is 1. The number of benzene rings is 1. The number of aromatic nitrogens is 1. The molecule has 0 aliphatic heterocycles. The van der Waals surface area contributed by atoms with Crippen molar-refractivity contribution >= 4 is 34.8 Å². The van der Waals surface area contributed by atoms with Crippen molar-refractivity contribution in [1.82, 2.24) is 10.3 Å². The zero-order valence-corrected chi connectivity index (χ0v) is 14.6. The summed E-state index contributed by atoms with van der Waals surface area (Å²) in [6.07, 6.45) is 2.42. The second kappa shape index (κ2) is 8.18. The standard InChI is InChI=1S/C17H19Cl2N3O/c1-11(2)22-17(23)16-6-5-14(10-21-16)20-8-7-12-3-4-13(18)9-15(12)19/h3-6,9-11,20H,7-8H2,1-2H3,(H,22,23). The first-order valence-electron chi connectivity index (χ1n) is 7.40. The van der Waals surface area contributed by atoms with Crippen LogP contribution in [0.4, 0.5) is 5.69 Å². The van der Waals surface area contributed by atoms with Gasteiger partial charge >= 0.3 is 0 Å². The summed E-state index contributed by atoms with van der Waals surface area (Å²) in [5.74, 6) is -0.167. The first-order valence-corrected chi connectivity index (χ1v) is 8.16. The summed E-state index contributed by atoms with van der Waals surface area (Å²) in [4.78, 5) is 16.0. The van der Waals surface area contributed by atoms with Crippen molar-refractivity contribution in [3.8, 4) is 0 Å². The second-order valence-corrected chi connectivity index (χ2v) is 6.32. The van der Waals surface area contributed by atoms with Gasteiger partial charge in [-0.05, 0) is 50.1 Å². The molecule has 0 saturated carbocycles. The summed E-state index contributed by atoms with van der Waals surface area (Å²) in [5.41, 5.74) is 2.30. The van der Waals surface area contributed by atoms with Crippen molar-refractivity contribution in [2.45, 2.75) is 26.3 Å². The molecule has 0 atom stereocenters. The van der Waals surface area contributed by atoms with E-state index in [9.17, 15) is 4.79 Å². The zero-order chi connectivity index (χ0) is 16.8. The van der Waals surface area contributed by atoms with Gasteiger partial charge in [-0.15, -0.1) is 0 Å². The van der Waals surface area contributed by atoms with E-state index in [-0.39, 0.29) is 11.9 Å². The van der Waals surface area contributed by atoms with Gasteiger partial charge in [0.1, 0.15) is 5.69 Å². The summed E-state index contributed by atoms with van der Waals surface area (Å²) in [7, 11) is 0. The molecular formula is C17H19Cl2N3O. The third-order valence-corrected chi connectivity index (χ3v) is 3.74. The molecule has 0 spiro atoms. The fraction of sp³-hybridized carbons (Fsp3) is 0.294. The van der Waals surface area contributed by atoms with Crippen LogP contribution in [0, 0.1) is 0 Å². The maximum absolute atomic E-state index is 11.8. The highest BCUT2D eigenvalue weighted by atomic mass is 35.5. The molecule has 0 aliphatic rings. The first kappa shape index (κ1) is 17.6. The third kappa shape index (κ3) is 5.41. The Hall–Kier alpha value is -1.78. The Labute approximate surface area is 146 Å². The molecular weight excluding hydrogens is 333 g/mol. The Morgan fingerprint density at radius 3 is 2.61 bits per heavy atom. The van der Waals surface area contributed by atoms with E-state index >= 15 is 0 Å². The molecule has 1 amide bonds. The summed E-state index contributed by atoms with van der Waals surface area (Å²) >= 11 is 12.0. The van der Waals surface area contributed by atoms with Gasteiger partial charge < -0.3 is 10.6 Å². The molecule has 2 N–H and O–H groups in total. The molecule has 2 aromatic rings. The maximum Gasteiger partial charge on any atom is 0.270 e. The van der Waals surface area contributed by atoms with E-state index in [4.69, 9.17) is 23.2 Å². The molecule has 122 valence electrons. The Balaban J connectivity index is 1.88. The first-order chi connectivity index (χ1) is 11.0. The number of hydrogen-bond donors (Lipinski definition) is 2. The van der Waals surface area contributed by atoms with Gasteiger partial charge in [-0.3, -0.25) is 4.79 Å². The van der Waals surface area contributed by atoms with Gasteiger partial charge in [-0.25, -0.2) is 4.98 Å². The number of hydrogen-bond acceptors (Lipinski definition) is 3. The van der Waals surface area contributed by atoms with Crippen LogP contribution in [-0.2, 0) is 6.42 Å². The van der Waals surface area contributed by atoms with Crippen LogP contribution in [0.1, 0.15) is 29.9 Å². The summed E-state index contributed by atoms with van der Waals surface area (Å²) in [6, 6.07) is 9.12. The lowest BCUT2D eigenvalue weighted by molar-refractivity contribution is 0.0938. The summed E-state index contributed by atoms with van der Waals surface area (Å²) in [6.45, 7) is 4.53.